The molecule has 0 fully saturated rings. The van der Waals surface area contributed by atoms with E-state index in [0.29, 0.717) is 6.54 Å². The standard InChI is InChI=1S/C10H21N5/c1-4-5-15-8-12-7-10(15)9(6-11)13-14(2)3/h7-9,13H,4-6,11H2,1-3H3. The summed E-state index contributed by atoms with van der Waals surface area (Å²) in [6.07, 6.45) is 4.84. The fraction of sp³-hybridized carbons (Fsp3) is 0.700. The van der Waals surface area contributed by atoms with Gasteiger partial charge in [0, 0.05) is 33.4 Å². The molecule has 1 aromatic rings. The van der Waals surface area contributed by atoms with Gasteiger partial charge in [0.25, 0.3) is 0 Å². The second-order valence-electron chi connectivity index (χ2n) is 3.82. The number of nitrogens with two attached hydrogens (primary N) is 1. The van der Waals surface area contributed by atoms with E-state index in [1.54, 1.807) is 0 Å². The first-order valence-corrected chi connectivity index (χ1v) is 5.32. The Kier molecular flexibility index (Phi) is 4.74. The average molecular weight is 211 g/mol. The fourth-order valence-corrected chi connectivity index (χ4v) is 1.60. The van der Waals surface area contributed by atoms with Crippen molar-refractivity contribution < 1.29 is 0 Å². The SMILES string of the molecule is CCCn1cncc1C(CN)NN(C)C. The summed E-state index contributed by atoms with van der Waals surface area (Å²) in [7, 11) is 3.92. The van der Waals surface area contributed by atoms with Crippen molar-refractivity contribution in [2.45, 2.75) is 25.9 Å². The van der Waals surface area contributed by atoms with Crippen LogP contribution in [0.25, 0.3) is 0 Å². The van der Waals surface area contributed by atoms with Gasteiger partial charge in [-0.3, -0.25) is 0 Å². The number of aryl methyl sites for hydroxylation is 1. The predicted molar refractivity (Wildman–Crippen MR) is 61.1 cm³/mol. The Morgan fingerprint density at radius 3 is 2.87 bits per heavy atom. The monoisotopic (exact) mass is 211 g/mol. The second kappa shape index (κ2) is 5.85. The van der Waals surface area contributed by atoms with Crippen LogP contribution in [0.4, 0.5) is 0 Å². The Labute approximate surface area is 91.2 Å². The van der Waals surface area contributed by atoms with Crippen molar-refractivity contribution >= 4 is 0 Å². The van der Waals surface area contributed by atoms with Crippen molar-refractivity contribution in [2.24, 2.45) is 5.73 Å². The normalized spacial score (nSPS) is 13.4. The molecule has 86 valence electrons. The summed E-state index contributed by atoms with van der Waals surface area (Å²) < 4.78 is 2.15. The molecule has 0 amide bonds. The number of imidazole rings is 1. The van der Waals surface area contributed by atoms with E-state index in [-0.39, 0.29) is 6.04 Å². The van der Waals surface area contributed by atoms with E-state index in [2.05, 4.69) is 21.9 Å². The highest BCUT2D eigenvalue weighted by molar-refractivity contribution is 5.05. The van der Waals surface area contributed by atoms with E-state index in [9.17, 15) is 0 Å². The minimum atomic E-state index is 0.133. The summed E-state index contributed by atoms with van der Waals surface area (Å²) >= 11 is 0. The molecule has 5 heteroatoms. The van der Waals surface area contributed by atoms with Crippen molar-refractivity contribution in [1.82, 2.24) is 20.0 Å². The van der Waals surface area contributed by atoms with Crippen molar-refractivity contribution in [3.8, 4) is 0 Å². The van der Waals surface area contributed by atoms with Crippen molar-refractivity contribution in [2.75, 3.05) is 20.6 Å². The fourth-order valence-electron chi connectivity index (χ4n) is 1.60. The van der Waals surface area contributed by atoms with Gasteiger partial charge in [0.2, 0.25) is 0 Å². The molecule has 0 spiro atoms. The van der Waals surface area contributed by atoms with E-state index < -0.39 is 0 Å². The van der Waals surface area contributed by atoms with E-state index >= 15 is 0 Å². The molecule has 1 atom stereocenters. The van der Waals surface area contributed by atoms with E-state index in [4.69, 9.17) is 5.73 Å². The smallest absolute Gasteiger partial charge is 0.0948 e. The van der Waals surface area contributed by atoms with Crippen LogP contribution in [0.1, 0.15) is 25.1 Å². The second-order valence-corrected chi connectivity index (χ2v) is 3.82. The van der Waals surface area contributed by atoms with Gasteiger partial charge in [0.05, 0.1) is 18.1 Å². The van der Waals surface area contributed by atoms with E-state index in [1.807, 2.05) is 31.6 Å². The van der Waals surface area contributed by atoms with Gasteiger partial charge in [-0.15, -0.1) is 0 Å². The largest absolute Gasteiger partial charge is 0.333 e. The van der Waals surface area contributed by atoms with Crippen LogP contribution in [0, 0.1) is 0 Å². The first-order chi connectivity index (χ1) is 7.19. The first-order valence-electron chi connectivity index (χ1n) is 5.32. The number of nitrogens with zero attached hydrogens (tertiary/aromatic N) is 3. The lowest BCUT2D eigenvalue weighted by molar-refractivity contribution is 0.240. The summed E-state index contributed by atoms with van der Waals surface area (Å²) in [4.78, 5) is 4.17. The summed E-state index contributed by atoms with van der Waals surface area (Å²) in [5.41, 5.74) is 10.2. The first kappa shape index (κ1) is 12.2. The molecule has 0 saturated carbocycles. The summed E-state index contributed by atoms with van der Waals surface area (Å²) in [5.74, 6) is 0. The van der Waals surface area contributed by atoms with Crippen LogP contribution in [-0.4, -0.2) is 35.2 Å². The molecule has 1 rings (SSSR count). The number of hydrogen-bond donors (Lipinski definition) is 2. The average Bonchev–Trinajstić information content (AvgIpc) is 2.63. The van der Waals surface area contributed by atoms with E-state index in [0.717, 1.165) is 18.7 Å². The number of hydrazine groups is 1. The maximum Gasteiger partial charge on any atom is 0.0948 e. The van der Waals surface area contributed by atoms with Gasteiger partial charge in [0.1, 0.15) is 0 Å². The number of rotatable bonds is 6. The lowest BCUT2D eigenvalue weighted by atomic mass is 10.2. The quantitative estimate of drug-likeness (QED) is 0.667. The van der Waals surface area contributed by atoms with Crippen LogP contribution in [0.2, 0.25) is 0 Å². The van der Waals surface area contributed by atoms with Gasteiger partial charge in [-0.05, 0) is 6.42 Å². The van der Waals surface area contributed by atoms with Crippen LogP contribution in [0.15, 0.2) is 12.5 Å². The number of hydrogen-bond acceptors (Lipinski definition) is 4. The van der Waals surface area contributed by atoms with Gasteiger partial charge in [-0.25, -0.2) is 15.4 Å². The topological polar surface area (TPSA) is 59.1 Å². The molecule has 0 saturated heterocycles. The maximum atomic E-state index is 5.75. The zero-order valence-corrected chi connectivity index (χ0v) is 9.77. The van der Waals surface area contributed by atoms with Gasteiger partial charge in [0.15, 0.2) is 0 Å². The molecular weight excluding hydrogens is 190 g/mol. The van der Waals surface area contributed by atoms with Crippen molar-refractivity contribution in [1.29, 1.82) is 0 Å². The Balaban J connectivity index is 2.76. The molecule has 0 aromatic carbocycles. The Hall–Kier alpha value is -0.910. The molecule has 0 aliphatic rings. The minimum absolute atomic E-state index is 0.133. The van der Waals surface area contributed by atoms with Gasteiger partial charge in [-0.1, -0.05) is 6.92 Å². The molecule has 1 heterocycles. The molecule has 3 N–H and O–H groups in total. The third-order valence-corrected chi connectivity index (χ3v) is 2.22. The molecule has 0 aliphatic carbocycles. The lowest BCUT2D eigenvalue weighted by Crippen LogP contribution is -2.39. The third kappa shape index (κ3) is 3.30. The highest BCUT2D eigenvalue weighted by Gasteiger charge is 2.14. The molecule has 0 aliphatic heterocycles. The highest BCUT2D eigenvalue weighted by atomic mass is 15.5. The minimum Gasteiger partial charge on any atom is -0.333 e. The molecular formula is C10H21N5. The Bertz CT molecular complexity index is 281. The van der Waals surface area contributed by atoms with E-state index in [1.165, 1.54) is 0 Å². The Morgan fingerprint density at radius 1 is 1.60 bits per heavy atom. The number of nitrogens with one attached hydrogen (secondary N) is 1. The maximum absolute atomic E-state index is 5.75. The lowest BCUT2D eigenvalue weighted by Gasteiger charge is -2.22. The van der Waals surface area contributed by atoms with Crippen molar-refractivity contribution in [3.05, 3.63) is 18.2 Å². The van der Waals surface area contributed by atoms with Crippen molar-refractivity contribution in [3.63, 3.8) is 0 Å². The summed E-state index contributed by atoms with van der Waals surface area (Å²) in [6.45, 7) is 3.70. The molecule has 1 aromatic heterocycles. The summed E-state index contributed by atoms with van der Waals surface area (Å²) in [6, 6.07) is 0.133. The highest BCUT2D eigenvalue weighted by Crippen LogP contribution is 2.11. The molecule has 1 unspecified atom stereocenters. The van der Waals surface area contributed by atoms with Crippen LogP contribution >= 0.6 is 0 Å². The van der Waals surface area contributed by atoms with Crippen LogP contribution in [0.3, 0.4) is 0 Å². The zero-order valence-electron chi connectivity index (χ0n) is 9.77. The molecule has 15 heavy (non-hydrogen) atoms. The summed E-state index contributed by atoms with van der Waals surface area (Å²) in [5, 5.41) is 1.92. The molecule has 0 bridgehead atoms. The van der Waals surface area contributed by atoms with Crippen LogP contribution in [0.5, 0.6) is 0 Å². The Morgan fingerprint density at radius 2 is 2.33 bits per heavy atom. The third-order valence-electron chi connectivity index (χ3n) is 2.22. The van der Waals surface area contributed by atoms with Crippen LogP contribution in [-0.2, 0) is 6.54 Å². The zero-order chi connectivity index (χ0) is 11.3. The molecule has 5 nitrogen and oxygen atoms in total. The predicted octanol–water partition coefficient (Wildman–Crippen LogP) is 0.359. The molecule has 0 radical (unpaired) electrons. The van der Waals surface area contributed by atoms with Crippen LogP contribution < -0.4 is 11.2 Å². The van der Waals surface area contributed by atoms with Gasteiger partial charge >= 0.3 is 0 Å². The van der Waals surface area contributed by atoms with Gasteiger partial charge < -0.3 is 10.3 Å². The van der Waals surface area contributed by atoms with Gasteiger partial charge in [-0.2, -0.15) is 0 Å². The number of aromatic nitrogens is 2.